The fourth-order valence-corrected chi connectivity index (χ4v) is 1.69. The van der Waals surface area contributed by atoms with E-state index in [4.69, 9.17) is 0 Å². The smallest absolute Gasteiger partial charge is 0.153 e. The topological polar surface area (TPSA) is 34.9 Å². The van der Waals surface area contributed by atoms with Gasteiger partial charge in [-0.25, -0.2) is 9.07 Å². The molecule has 0 spiro atoms. The van der Waals surface area contributed by atoms with Gasteiger partial charge < -0.3 is 0 Å². The first-order chi connectivity index (χ1) is 8.11. The van der Waals surface area contributed by atoms with Crippen molar-refractivity contribution in [3.05, 3.63) is 47.5 Å². The summed E-state index contributed by atoms with van der Waals surface area (Å²) in [5.74, 6) is -0.165. The zero-order chi connectivity index (χ0) is 12.4. The third-order valence-corrected chi connectivity index (χ3v) is 2.52. The van der Waals surface area contributed by atoms with Gasteiger partial charge in [-0.1, -0.05) is 19.9 Å². The molecule has 2 aromatic rings. The Morgan fingerprint density at radius 2 is 2.18 bits per heavy atom. The highest BCUT2D eigenvalue weighted by Gasteiger charge is 2.12. The summed E-state index contributed by atoms with van der Waals surface area (Å²) >= 11 is 0. The molecular formula is C13H13FN2O. The Morgan fingerprint density at radius 1 is 1.41 bits per heavy atom. The van der Waals surface area contributed by atoms with Crippen LogP contribution in [0, 0.1) is 5.82 Å². The van der Waals surface area contributed by atoms with Crippen molar-refractivity contribution in [1.82, 2.24) is 9.78 Å². The number of hydrogen-bond acceptors (Lipinski definition) is 2. The van der Waals surface area contributed by atoms with Crippen LogP contribution in [-0.2, 0) is 0 Å². The van der Waals surface area contributed by atoms with Crippen LogP contribution in [-0.4, -0.2) is 16.1 Å². The number of carbonyl (C=O) groups excluding carboxylic acids is 1. The molecule has 0 aliphatic rings. The van der Waals surface area contributed by atoms with Gasteiger partial charge in [-0.15, -0.1) is 0 Å². The summed E-state index contributed by atoms with van der Waals surface area (Å²) in [5, 5.41) is 4.31. The molecule has 0 radical (unpaired) electrons. The third-order valence-electron chi connectivity index (χ3n) is 2.52. The van der Waals surface area contributed by atoms with E-state index < -0.39 is 0 Å². The van der Waals surface area contributed by atoms with E-state index in [-0.39, 0.29) is 11.7 Å². The number of rotatable bonds is 3. The summed E-state index contributed by atoms with van der Waals surface area (Å²) in [7, 11) is 0. The quantitative estimate of drug-likeness (QED) is 0.762. The fraction of sp³-hybridized carbons (Fsp3) is 0.231. The van der Waals surface area contributed by atoms with E-state index >= 15 is 0 Å². The predicted octanol–water partition coefficient (Wildman–Crippen LogP) is 2.95. The Hall–Kier alpha value is -1.97. The number of benzene rings is 1. The van der Waals surface area contributed by atoms with Crippen molar-refractivity contribution >= 4 is 6.29 Å². The molecule has 0 saturated heterocycles. The van der Waals surface area contributed by atoms with Crippen LogP contribution in [0.15, 0.2) is 30.5 Å². The Bertz CT molecular complexity index is 546. The highest BCUT2D eigenvalue weighted by atomic mass is 19.1. The van der Waals surface area contributed by atoms with Gasteiger partial charge in [0.1, 0.15) is 5.82 Å². The zero-order valence-corrected chi connectivity index (χ0v) is 9.72. The Kier molecular flexibility index (Phi) is 3.04. The molecule has 1 aromatic carbocycles. The van der Waals surface area contributed by atoms with Crippen molar-refractivity contribution < 1.29 is 9.18 Å². The van der Waals surface area contributed by atoms with Gasteiger partial charge in [0.15, 0.2) is 6.29 Å². The normalized spacial score (nSPS) is 10.8. The van der Waals surface area contributed by atoms with Gasteiger partial charge in [0.25, 0.3) is 0 Å². The summed E-state index contributed by atoms with van der Waals surface area (Å²) in [6.45, 7) is 3.93. The van der Waals surface area contributed by atoms with Gasteiger partial charge in [-0.05, 0) is 24.1 Å². The SMILES string of the molecule is CC(C)c1nn(-c2cccc(F)c2)cc1C=O. The molecule has 0 bridgehead atoms. The fourth-order valence-electron chi connectivity index (χ4n) is 1.69. The lowest BCUT2D eigenvalue weighted by Gasteiger charge is -2.02. The van der Waals surface area contributed by atoms with E-state index in [1.54, 1.807) is 18.3 Å². The number of aromatic nitrogens is 2. The van der Waals surface area contributed by atoms with Crippen LogP contribution in [0.2, 0.25) is 0 Å². The van der Waals surface area contributed by atoms with E-state index in [1.165, 1.54) is 16.8 Å². The van der Waals surface area contributed by atoms with E-state index in [2.05, 4.69) is 5.10 Å². The standard InChI is InChI=1S/C13H13FN2O/c1-9(2)13-10(8-17)7-16(15-13)12-5-3-4-11(14)6-12/h3-9H,1-2H3. The minimum atomic E-state index is -0.322. The molecule has 0 amide bonds. The molecule has 0 atom stereocenters. The summed E-state index contributed by atoms with van der Waals surface area (Å²) in [4.78, 5) is 10.9. The first-order valence-corrected chi connectivity index (χ1v) is 5.42. The molecule has 0 saturated carbocycles. The monoisotopic (exact) mass is 232 g/mol. The predicted molar refractivity (Wildman–Crippen MR) is 63.0 cm³/mol. The maximum atomic E-state index is 13.1. The minimum Gasteiger partial charge on any atom is -0.298 e. The van der Waals surface area contributed by atoms with Gasteiger partial charge in [0.05, 0.1) is 16.9 Å². The molecule has 0 fully saturated rings. The van der Waals surface area contributed by atoms with Crippen molar-refractivity contribution in [2.75, 3.05) is 0 Å². The highest BCUT2D eigenvalue weighted by molar-refractivity contribution is 5.76. The first-order valence-electron chi connectivity index (χ1n) is 5.42. The lowest BCUT2D eigenvalue weighted by atomic mass is 10.1. The van der Waals surface area contributed by atoms with Crippen LogP contribution >= 0.6 is 0 Å². The highest BCUT2D eigenvalue weighted by Crippen LogP contribution is 2.18. The molecule has 3 nitrogen and oxygen atoms in total. The van der Waals surface area contributed by atoms with Crippen LogP contribution in [0.4, 0.5) is 4.39 Å². The lowest BCUT2D eigenvalue weighted by Crippen LogP contribution is -1.97. The zero-order valence-electron chi connectivity index (χ0n) is 9.72. The average Bonchev–Trinajstić information content (AvgIpc) is 2.73. The minimum absolute atomic E-state index is 0.157. The molecule has 0 aliphatic carbocycles. The second-order valence-corrected chi connectivity index (χ2v) is 4.17. The lowest BCUT2D eigenvalue weighted by molar-refractivity contribution is 0.112. The molecule has 0 aliphatic heterocycles. The van der Waals surface area contributed by atoms with Crippen molar-refractivity contribution in [1.29, 1.82) is 0 Å². The molecular weight excluding hydrogens is 219 g/mol. The van der Waals surface area contributed by atoms with Crippen molar-refractivity contribution in [2.24, 2.45) is 0 Å². The molecule has 17 heavy (non-hydrogen) atoms. The van der Waals surface area contributed by atoms with Gasteiger partial charge in [0.2, 0.25) is 0 Å². The van der Waals surface area contributed by atoms with E-state index in [1.807, 2.05) is 13.8 Å². The van der Waals surface area contributed by atoms with Gasteiger partial charge in [-0.3, -0.25) is 4.79 Å². The maximum Gasteiger partial charge on any atom is 0.153 e. The largest absolute Gasteiger partial charge is 0.298 e. The van der Waals surface area contributed by atoms with Crippen molar-refractivity contribution in [2.45, 2.75) is 19.8 Å². The van der Waals surface area contributed by atoms with Crippen LogP contribution in [0.25, 0.3) is 5.69 Å². The molecule has 1 aromatic heterocycles. The Morgan fingerprint density at radius 3 is 2.71 bits per heavy atom. The Balaban J connectivity index is 2.50. The van der Waals surface area contributed by atoms with Crippen LogP contribution < -0.4 is 0 Å². The van der Waals surface area contributed by atoms with Crippen molar-refractivity contribution in [3.63, 3.8) is 0 Å². The number of carbonyl (C=O) groups is 1. The third kappa shape index (κ3) is 2.25. The number of aldehydes is 1. The average molecular weight is 232 g/mol. The summed E-state index contributed by atoms with van der Waals surface area (Å²) in [5.41, 5.74) is 1.88. The summed E-state index contributed by atoms with van der Waals surface area (Å²) in [6.07, 6.45) is 2.40. The maximum absolute atomic E-state index is 13.1. The molecule has 88 valence electrons. The van der Waals surface area contributed by atoms with Crippen LogP contribution in [0.3, 0.4) is 0 Å². The van der Waals surface area contributed by atoms with Gasteiger partial charge >= 0.3 is 0 Å². The van der Waals surface area contributed by atoms with E-state index in [9.17, 15) is 9.18 Å². The molecule has 4 heteroatoms. The van der Waals surface area contributed by atoms with E-state index in [0.29, 0.717) is 11.3 Å². The second-order valence-electron chi connectivity index (χ2n) is 4.17. The molecule has 0 unspecified atom stereocenters. The summed E-state index contributed by atoms with van der Waals surface area (Å²) in [6, 6.07) is 6.11. The van der Waals surface area contributed by atoms with Crippen molar-refractivity contribution in [3.8, 4) is 5.69 Å². The van der Waals surface area contributed by atoms with Crippen LogP contribution in [0.5, 0.6) is 0 Å². The number of halogens is 1. The summed E-state index contributed by atoms with van der Waals surface area (Å²) < 4.78 is 14.6. The first kappa shape index (κ1) is 11.5. The van der Waals surface area contributed by atoms with Gasteiger partial charge in [0, 0.05) is 6.20 Å². The molecule has 2 rings (SSSR count). The molecule has 1 heterocycles. The van der Waals surface area contributed by atoms with Crippen LogP contribution in [0.1, 0.15) is 35.8 Å². The van der Waals surface area contributed by atoms with Gasteiger partial charge in [-0.2, -0.15) is 5.10 Å². The Labute approximate surface area is 98.9 Å². The second kappa shape index (κ2) is 4.49. The van der Waals surface area contributed by atoms with E-state index in [0.717, 1.165) is 12.0 Å². The number of nitrogens with zero attached hydrogens (tertiary/aromatic N) is 2. The number of hydrogen-bond donors (Lipinski definition) is 0. The molecule has 0 N–H and O–H groups in total.